The molecule has 1 fully saturated rings. The molecule has 0 radical (unpaired) electrons. The summed E-state index contributed by atoms with van der Waals surface area (Å²) >= 11 is 0. The summed E-state index contributed by atoms with van der Waals surface area (Å²) in [6.07, 6.45) is -1.21. The van der Waals surface area contributed by atoms with Gasteiger partial charge in [0.05, 0.1) is 28.6 Å². The molecular formula is C29H33N3O8S2. The summed E-state index contributed by atoms with van der Waals surface area (Å²) in [4.78, 5) is 25.7. The highest BCUT2D eigenvalue weighted by molar-refractivity contribution is 7.92. The van der Waals surface area contributed by atoms with Gasteiger partial charge in [0.1, 0.15) is 0 Å². The first-order chi connectivity index (χ1) is 19.8. The summed E-state index contributed by atoms with van der Waals surface area (Å²) < 4.78 is 66.4. The Morgan fingerprint density at radius 1 is 0.833 bits per heavy atom. The number of hydrogen-bond acceptors (Lipinski definition) is 8. The van der Waals surface area contributed by atoms with E-state index in [2.05, 4.69) is 10.0 Å². The SMILES string of the molecule is Cc1ccc(C)c(S(=O)(=O)Nc2ccc(C(=O)OC(C)C(=O)Nc3ccc(C)c(S(=O)(=O)N4CCOCC4)c3)cc2)c1. The number of carbonyl (C=O) groups excluding carboxylic acids is 2. The van der Waals surface area contributed by atoms with Crippen LogP contribution in [0.5, 0.6) is 0 Å². The number of amides is 1. The number of sulfonamides is 2. The summed E-state index contributed by atoms with van der Waals surface area (Å²) in [7, 11) is -7.63. The Bertz CT molecular complexity index is 1700. The van der Waals surface area contributed by atoms with Gasteiger partial charge in [-0.2, -0.15) is 4.31 Å². The predicted molar refractivity (Wildman–Crippen MR) is 157 cm³/mol. The molecule has 0 aromatic heterocycles. The molecule has 1 heterocycles. The number of esters is 1. The molecule has 1 atom stereocenters. The number of morpholine rings is 1. The van der Waals surface area contributed by atoms with E-state index in [1.165, 1.54) is 41.6 Å². The van der Waals surface area contributed by atoms with Crippen LogP contribution in [0.2, 0.25) is 0 Å². The average molecular weight is 616 g/mol. The molecule has 13 heteroatoms. The number of anilines is 2. The number of aryl methyl sites for hydroxylation is 3. The van der Waals surface area contributed by atoms with Gasteiger partial charge in [0.25, 0.3) is 15.9 Å². The van der Waals surface area contributed by atoms with Crippen molar-refractivity contribution in [1.29, 1.82) is 0 Å². The molecule has 3 aromatic carbocycles. The molecular weight excluding hydrogens is 582 g/mol. The highest BCUT2D eigenvalue weighted by Crippen LogP contribution is 2.25. The molecule has 0 spiro atoms. The molecule has 3 aromatic rings. The van der Waals surface area contributed by atoms with Gasteiger partial charge in [-0.1, -0.05) is 18.2 Å². The lowest BCUT2D eigenvalue weighted by molar-refractivity contribution is -0.123. The van der Waals surface area contributed by atoms with E-state index >= 15 is 0 Å². The summed E-state index contributed by atoms with van der Waals surface area (Å²) in [5.41, 5.74) is 2.53. The minimum absolute atomic E-state index is 0.0696. The van der Waals surface area contributed by atoms with Crippen molar-refractivity contribution >= 4 is 43.3 Å². The molecule has 11 nitrogen and oxygen atoms in total. The number of ether oxygens (including phenoxy) is 2. The highest BCUT2D eigenvalue weighted by Gasteiger charge is 2.28. The van der Waals surface area contributed by atoms with Crippen LogP contribution in [-0.4, -0.2) is 65.4 Å². The smallest absolute Gasteiger partial charge is 0.338 e. The van der Waals surface area contributed by atoms with Crippen molar-refractivity contribution in [2.75, 3.05) is 36.3 Å². The van der Waals surface area contributed by atoms with Crippen LogP contribution in [0.1, 0.15) is 34.0 Å². The van der Waals surface area contributed by atoms with E-state index in [4.69, 9.17) is 9.47 Å². The van der Waals surface area contributed by atoms with Gasteiger partial charge in [-0.15, -0.1) is 0 Å². The Balaban J connectivity index is 1.39. The van der Waals surface area contributed by atoms with Crippen LogP contribution in [0.4, 0.5) is 11.4 Å². The minimum Gasteiger partial charge on any atom is -0.449 e. The van der Waals surface area contributed by atoms with Crippen LogP contribution in [0, 0.1) is 20.8 Å². The quantitative estimate of drug-likeness (QED) is 0.347. The van der Waals surface area contributed by atoms with Gasteiger partial charge < -0.3 is 14.8 Å². The third-order valence-corrected chi connectivity index (χ3v) is 10.3. The fourth-order valence-corrected chi connectivity index (χ4v) is 7.34. The van der Waals surface area contributed by atoms with Crippen molar-refractivity contribution in [3.63, 3.8) is 0 Å². The lowest BCUT2D eigenvalue weighted by Crippen LogP contribution is -2.40. The number of carbonyl (C=O) groups is 2. The van der Waals surface area contributed by atoms with E-state index in [0.717, 1.165) is 5.56 Å². The number of nitrogens with one attached hydrogen (secondary N) is 2. The van der Waals surface area contributed by atoms with E-state index in [9.17, 15) is 26.4 Å². The molecule has 224 valence electrons. The number of nitrogens with zero attached hydrogens (tertiary/aromatic N) is 1. The van der Waals surface area contributed by atoms with Crippen molar-refractivity contribution in [3.8, 4) is 0 Å². The second-order valence-electron chi connectivity index (χ2n) is 9.99. The molecule has 0 saturated carbocycles. The lowest BCUT2D eigenvalue weighted by atomic mass is 10.2. The standard InChI is InChI=1S/C29H33N3O8S2/c1-19-5-6-20(2)26(17-19)41(35,36)31-24-11-8-23(9-12-24)29(34)40-22(4)28(33)30-25-10-7-21(3)27(18-25)42(37,38)32-13-15-39-16-14-32/h5-12,17-18,22,31H,13-16H2,1-4H3,(H,30,33). The van der Waals surface area contributed by atoms with Crippen molar-refractivity contribution in [1.82, 2.24) is 4.31 Å². The molecule has 1 aliphatic rings. The molecule has 2 N–H and O–H groups in total. The topological polar surface area (TPSA) is 148 Å². The first kappa shape index (κ1) is 31.2. The fraction of sp³-hybridized carbons (Fsp3) is 0.310. The van der Waals surface area contributed by atoms with Gasteiger partial charge >= 0.3 is 5.97 Å². The van der Waals surface area contributed by atoms with Crippen LogP contribution in [0.3, 0.4) is 0 Å². The first-order valence-electron chi connectivity index (χ1n) is 13.2. The number of hydrogen-bond donors (Lipinski definition) is 2. The van der Waals surface area contributed by atoms with Crippen LogP contribution in [0.15, 0.2) is 70.5 Å². The number of rotatable bonds is 9. The molecule has 42 heavy (non-hydrogen) atoms. The molecule has 1 saturated heterocycles. The summed E-state index contributed by atoms with van der Waals surface area (Å²) in [6, 6.07) is 15.3. The lowest BCUT2D eigenvalue weighted by Gasteiger charge is -2.27. The summed E-state index contributed by atoms with van der Waals surface area (Å²) in [5.74, 6) is -1.44. The first-order valence-corrected chi connectivity index (χ1v) is 16.1. The van der Waals surface area contributed by atoms with Crippen LogP contribution >= 0.6 is 0 Å². The Morgan fingerprint density at radius 3 is 2.10 bits per heavy atom. The van der Waals surface area contributed by atoms with E-state index < -0.39 is 38.0 Å². The van der Waals surface area contributed by atoms with Crippen LogP contribution in [0.25, 0.3) is 0 Å². The van der Waals surface area contributed by atoms with Crippen molar-refractivity contribution in [3.05, 3.63) is 82.9 Å². The predicted octanol–water partition coefficient (Wildman–Crippen LogP) is 3.62. The molecule has 4 rings (SSSR count). The Labute approximate surface area is 245 Å². The monoisotopic (exact) mass is 615 g/mol. The zero-order chi connectivity index (χ0) is 30.7. The average Bonchev–Trinajstić information content (AvgIpc) is 2.95. The molecule has 1 amide bonds. The Kier molecular flexibility index (Phi) is 9.36. The van der Waals surface area contributed by atoms with Gasteiger partial charge in [0, 0.05) is 24.5 Å². The second-order valence-corrected chi connectivity index (χ2v) is 13.5. The van der Waals surface area contributed by atoms with Crippen molar-refractivity contribution in [2.24, 2.45) is 0 Å². The van der Waals surface area contributed by atoms with Gasteiger partial charge in [-0.3, -0.25) is 9.52 Å². The fourth-order valence-electron chi connectivity index (χ4n) is 4.29. The van der Waals surface area contributed by atoms with E-state index in [0.29, 0.717) is 24.3 Å². The number of benzene rings is 3. The largest absolute Gasteiger partial charge is 0.449 e. The van der Waals surface area contributed by atoms with E-state index in [-0.39, 0.29) is 39.8 Å². The molecule has 0 bridgehead atoms. The zero-order valence-corrected chi connectivity index (χ0v) is 25.3. The Morgan fingerprint density at radius 2 is 1.43 bits per heavy atom. The normalized spacial score (nSPS) is 15.0. The van der Waals surface area contributed by atoms with E-state index in [1.807, 2.05) is 6.07 Å². The maximum Gasteiger partial charge on any atom is 0.338 e. The highest BCUT2D eigenvalue weighted by atomic mass is 32.2. The van der Waals surface area contributed by atoms with Crippen molar-refractivity contribution in [2.45, 2.75) is 43.6 Å². The van der Waals surface area contributed by atoms with Gasteiger partial charge in [0.2, 0.25) is 10.0 Å². The summed E-state index contributed by atoms with van der Waals surface area (Å²) in [6.45, 7) is 7.66. The molecule has 0 aliphatic carbocycles. The third-order valence-electron chi connectivity index (χ3n) is 6.70. The maximum atomic E-state index is 13.1. The third kappa shape index (κ3) is 7.16. The van der Waals surface area contributed by atoms with Gasteiger partial charge in [0.15, 0.2) is 6.10 Å². The van der Waals surface area contributed by atoms with Gasteiger partial charge in [-0.05, 0) is 86.8 Å². The molecule has 1 unspecified atom stereocenters. The van der Waals surface area contributed by atoms with Crippen molar-refractivity contribution < 1.29 is 35.9 Å². The van der Waals surface area contributed by atoms with E-state index in [1.54, 1.807) is 45.0 Å². The second kappa shape index (κ2) is 12.6. The summed E-state index contributed by atoms with van der Waals surface area (Å²) in [5, 5.41) is 2.60. The maximum absolute atomic E-state index is 13.1. The molecule has 1 aliphatic heterocycles. The Hall–Kier alpha value is -3.78. The van der Waals surface area contributed by atoms with Crippen LogP contribution < -0.4 is 10.0 Å². The minimum atomic E-state index is -3.85. The van der Waals surface area contributed by atoms with Crippen LogP contribution in [-0.2, 0) is 34.3 Å². The van der Waals surface area contributed by atoms with Gasteiger partial charge in [-0.25, -0.2) is 21.6 Å². The zero-order valence-electron chi connectivity index (χ0n) is 23.7.